The average molecular weight is 512 g/mol. The lowest BCUT2D eigenvalue weighted by atomic mass is 9.87. The largest absolute Gasteiger partial charge is 0.488 e. The van der Waals surface area contributed by atoms with Crippen molar-refractivity contribution in [3.05, 3.63) is 64.9 Å². The highest BCUT2D eigenvalue weighted by Crippen LogP contribution is 2.44. The smallest absolute Gasteiger partial charge is 0.135 e. The van der Waals surface area contributed by atoms with Gasteiger partial charge in [-0.15, -0.1) is 0 Å². The summed E-state index contributed by atoms with van der Waals surface area (Å²) in [6, 6.07) is 9.62. The van der Waals surface area contributed by atoms with Crippen LogP contribution in [0.4, 0.5) is 13.2 Å². The molecule has 0 bridgehead atoms. The number of H-pyrrole nitrogens is 1. The van der Waals surface area contributed by atoms with E-state index in [1.165, 1.54) is 32.4 Å². The van der Waals surface area contributed by atoms with Crippen LogP contribution < -0.4 is 4.74 Å². The first kappa shape index (κ1) is 24.8. The van der Waals surface area contributed by atoms with Crippen molar-refractivity contribution in [3.8, 4) is 5.75 Å². The molecular formula is C30H36F3N3O. The molecule has 6 rings (SSSR count). The van der Waals surface area contributed by atoms with Crippen molar-refractivity contribution >= 4 is 10.9 Å². The minimum Gasteiger partial charge on any atom is -0.488 e. The van der Waals surface area contributed by atoms with E-state index in [4.69, 9.17) is 4.74 Å². The van der Waals surface area contributed by atoms with E-state index in [1.807, 2.05) is 36.1 Å². The van der Waals surface area contributed by atoms with Gasteiger partial charge in [-0.3, -0.25) is 9.80 Å². The molecule has 0 amide bonds. The van der Waals surface area contributed by atoms with E-state index < -0.39 is 23.3 Å². The fourth-order valence-corrected chi connectivity index (χ4v) is 6.31. The topological polar surface area (TPSA) is 31.5 Å². The Morgan fingerprint density at radius 2 is 1.76 bits per heavy atom. The highest BCUT2D eigenvalue weighted by Gasteiger charge is 2.42. The van der Waals surface area contributed by atoms with Crippen LogP contribution in [0.5, 0.6) is 5.75 Å². The number of hydrogen-bond donors (Lipinski definition) is 1. The minimum atomic E-state index is -1.53. The van der Waals surface area contributed by atoms with Gasteiger partial charge in [0.15, 0.2) is 0 Å². The van der Waals surface area contributed by atoms with Crippen LogP contribution in [0, 0.1) is 23.5 Å². The molecule has 198 valence electrons. The molecule has 1 aliphatic carbocycles. The number of likely N-dealkylation sites (tertiary alicyclic amines) is 1. The summed E-state index contributed by atoms with van der Waals surface area (Å²) in [7, 11) is 0. The summed E-state index contributed by atoms with van der Waals surface area (Å²) in [5, 5.41) is 1.05. The summed E-state index contributed by atoms with van der Waals surface area (Å²) in [4.78, 5) is 7.65. The second-order valence-corrected chi connectivity index (χ2v) is 12.1. The van der Waals surface area contributed by atoms with Gasteiger partial charge < -0.3 is 9.72 Å². The number of benzene rings is 2. The number of alkyl halides is 1. The molecule has 37 heavy (non-hydrogen) atoms. The third kappa shape index (κ3) is 4.76. The Balaban J connectivity index is 1.31. The van der Waals surface area contributed by atoms with Crippen molar-refractivity contribution in [2.45, 2.75) is 64.4 Å². The Labute approximate surface area is 216 Å². The zero-order valence-electron chi connectivity index (χ0n) is 22.0. The first-order valence-corrected chi connectivity index (χ1v) is 13.5. The maximum Gasteiger partial charge on any atom is 0.135 e. The first-order valence-electron chi connectivity index (χ1n) is 13.5. The number of nitrogens with zero attached hydrogens (tertiary/aromatic N) is 2. The van der Waals surface area contributed by atoms with E-state index in [1.54, 1.807) is 0 Å². The summed E-state index contributed by atoms with van der Waals surface area (Å²) < 4.78 is 52.5. The highest BCUT2D eigenvalue weighted by atomic mass is 19.1. The number of aromatic nitrogens is 1. The molecule has 3 aromatic rings. The molecule has 7 heteroatoms. The van der Waals surface area contributed by atoms with Gasteiger partial charge in [0.25, 0.3) is 0 Å². The zero-order chi connectivity index (χ0) is 26.1. The molecule has 1 saturated heterocycles. The fraction of sp³-hybridized carbons (Fsp3) is 0.533. The van der Waals surface area contributed by atoms with Crippen molar-refractivity contribution < 1.29 is 17.9 Å². The van der Waals surface area contributed by atoms with Gasteiger partial charge in [-0.2, -0.15) is 0 Å². The molecule has 1 N–H and O–H groups in total. The molecule has 2 fully saturated rings. The maximum absolute atomic E-state index is 15.8. The molecule has 2 aliphatic heterocycles. The number of para-hydroxylation sites is 1. The summed E-state index contributed by atoms with van der Waals surface area (Å²) in [5.74, 6) is 0.464. The molecule has 2 aromatic carbocycles. The second-order valence-electron chi connectivity index (χ2n) is 12.1. The molecular weight excluding hydrogens is 475 g/mol. The van der Waals surface area contributed by atoms with E-state index in [9.17, 15) is 4.39 Å². The predicted molar refractivity (Wildman–Crippen MR) is 140 cm³/mol. The van der Waals surface area contributed by atoms with Crippen molar-refractivity contribution in [2.24, 2.45) is 11.8 Å². The van der Waals surface area contributed by atoms with Crippen LogP contribution >= 0.6 is 0 Å². The van der Waals surface area contributed by atoms with Crippen LogP contribution in [0.2, 0.25) is 0 Å². The number of fused-ring (bicyclic) bond motifs is 3. The third-order valence-electron chi connectivity index (χ3n) is 8.40. The molecule has 1 aromatic heterocycles. The molecule has 4 nitrogen and oxygen atoms in total. The number of hydrogen-bond acceptors (Lipinski definition) is 3. The third-order valence-corrected chi connectivity index (χ3v) is 8.40. The van der Waals surface area contributed by atoms with Gasteiger partial charge >= 0.3 is 0 Å². The Morgan fingerprint density at radius 3 is 2.41 bits per heavy atom. The standard InChI is InChI=1S/C30H36F3N3O/c1-17-9-19(17)13-35-14-21(15-35)37-20-11-24(31)27(25(32)12-20)29-28-23(22-7-5-6-8-26(22)34-28)10-18(2)36(29)16-30(3,4)33/h5-8,11-12,17-19,21,29,34H,9-10,13-16H2,1-4H3/t17-,18-,19+,29-/m1/s1. The van der Waals surface area contributed by atoms with E-state index in [-0.39, 0.29) is 30.0 Å². The second kappa shape index (κ2) is 9.05. The number of halogens is 3. The zero-order valence-corrected chi connectivity index (χ0v) is 22.0. The van der Waals surface area contributed by atoms with Gasteiger partial charge in [0, 0.05) is 66.5 Å². The van der Waals surface area contributed by atoms with E-state index >= 15 is 8.78 Å². The van der Waals surface area contributed by atoms with Gasteiger partial charge in [-0.1, -0.05) is 25.1 Å². The quantitative estimate of drug-likeness (QED) is 0.407. The van der Waals surface area contributed by atoms with E-state index in [0.29, 0.717) is 6.42 Å². The number of nitrogens with one attached hydrogen (secondary N) is 1. The first-order chi connectivity index (χ1) is 17.6. The van der Waals surface area contributed by atoms with Gasteiger partial charge in [0.1, 0.15) is 29.2 Å². The minimum absolute atomic E-state index is 0.0578. The lowest BCUT2D eigenvalue weighted by Crippen LogP contribution is -2.54. The molecule has 1 saturated carbocycles. The SMILES string of the molecule is C[C@@H]1C[C@H]1CN1CC(Oc2cc(F)c([C@@H]3c4[nH]c5ccccc5c4C[C@@H](C)N3CC(C)(C)F)c(F)c2)C1. The molecule has 3 aliphatic rings. The maximum atomic E-state index is 15.8. The number of rotatable bonds is 7. The van der Waals surface area contributed by atoms with Crippen LogP contribution in [-0.4, -0.2) is 58.8 Å². The highest BCUT2D eigenvalue weighted by molar-refractivity contribution is 5.85. The van der Waals surface area contributed by atoms with Crippen molar-refractivity contribution in [1.29, 1.82) is 0 Å². The van der Waals surface area contributed by atoms with Gasteiger partial charge in [0.05, 0.1) is 6.04 Å². The van der Waals surface area contributed by atoms with E-state index in [2.05, 4.69) is 16.8 Å². The van der Waals surface area contributed by atoms with Crippen molar-refractivity contribution in [2.75, 3.05) is 26.2 Å². The van der Waals surface area contributed by atoms with Crippen molar-refractivity contribution in [1.82, 2.24) is 14.8 Å². The fourth-order valence-electron chi connectivity index (χ4n) is 6.31. The lowest BCUT2D eigenvalue weighted by molar-refractivity contribution is 0.0159. The van der Waals surface area contributed by atoms with Crippen LogP contribution in [0.1, 0.15) is 57.0 Å². The molecule has 0 spiro atoms. The summed E-state index contributed by atoms with van der Waals surface area (Å²) in [6.07, 6.45) is 1.90. The number of ether oxygens (including phenoxy) is 1. The summed E-state index contributed by atoms with van der Waals surface area (Å²) >= 11 is 0. The Hall–Kier alpha value is -2.51. The summed E-state index contributed by atoms with van der Waals surface area (Å²) in [6.45, 7) is 9.99. The van der Waals surface area contributed by atoms with E-state index in [0.717, 1.165) is 53.6 Å². The van der Waals surface area contributed by atoms with Gasteiger partial charge in [-0.05, 0) is 57.1 Å². The van der Waals surface area contributed by atoms with Crippen LogP contribution in [-0.2, 0) is 6.42 Å². The Bertz CT molecular complexity index is 1290. The Morgan fingerprint density at radius 1 is 1.08 bits per heavy atom. The number of aromatic amines is 1. The summed E-state index contributed by atoms with van der Waals surface area (Å²) in [5.41, 5.74) is 1.11. The monoisotopic (exact) mass is 511 g/mol. The van der Waals surface area contributed by atoms with Gasteiger partial charge in [0.2, 0.25) is 0 Å². The van der Waals surface area contributed by atoms with Crippen LogP contribution in [0.3, 0.4) is 0 Å². The molecule has 4 atom stereocenters. The van der Waals surface area contributed by atoms with Crippen molar-refractivity contribution in [3.63, 3.8) is 0 Å². The average Bonchev–Trinajstić information content (AvgIpc) is 3.36. The Kier molecular flexibility index (Phi) is 6.07. The molecule has 0 unspecified atom stereocenters. The molecule has 0 radical (unpaired) electrons. The van der Waals surface area contributed by atoms with Crippen LogP contribution in [0.25, 0.3) is 10.9 Å². The lowest BCUT2D eigenvalue weighted by Gasteiger charge is -2.43. The van der Waals surface area contributed by atoms with Gasteiger partial charge in [-0.25, -0.2) is 13.2 Å². The molecule has 3 heterocycles. The van der Waals surface area contributed by atoms with Crippen LogP contribution in [0.15, 0.2) is 36.4 Å². The normalized spacial score (nSPS) is 26.8. The predicted octanol–water partition coefficient (Wildman–Crippen LogP) is 6.25.